The summed E-state index contributed by atoms with van der Waals surface area (Å²) in [6.07, 6.45) is 14.9. The largest absolute Gasteiger partial charge is 0.469 e. The molecule has 0 aromatic carbocycles. The molecule has 0 saturated heterocycles. The van der Waals surface area contributed by atoms with Gasteiger partial charge in [0.2, 0.25) is 0 Å². The average Bonchev–Trinajstić information content (AvgIpc) is 2.90. The Bertz CT molecular complexity index is 497. The standard InChI is InChI=1S/C23H39ClO4/c1-3-23(14-9-15-23)21(26)12-8-11-18-17(19(24)16-20(18)25)10-6-4-5-7-13-22(27)28-2/h8,11,17-21,25-26H,3-7,9-10,12-16H2,1-2H3/b11-8+/t17-,18-,19-,20-,21+/m1/s1. The van der Waals surface area contributed by atoms with E-state index in [4.69, 9.17) is 11.6 Å². The molecule has 0 bridgehead atoms. The number of unbranched alkanes of at least 4 members (excludes halogenated alkanes) is 3. The minimum atomic E-state index is -0.385. The first-order valence-electron chi connectivity index (χ1n) is 11.2. The van der Waals surface area contributed by atoms with Crippen molar-refractivity contribution >= 4 is 17.6 Å². The highest BCUT2D eigenvalue weighted by molar-refractivity contribution is 6.21. The number of aliphatic hydroxyl groups is 2. The summed E-state index contributed by atoms with van der Waals surface area (Å²) < 4.78 is 4.66. The molecule has 2 rings (SSSR count). The van der Waals surface area contributed by atoms with Crippen LogP contribution in [0, 0.1) is 17.3 Å². The summed E-state index contributed by atoms with van der Waals surface area (Å²) in [4.78, 5) is 11.1. The highest BCUT2D eigenvalue weighted by atomic mass is 35.5. The second-order valence-corrected chi connectivity index (χ2v) is 9.40. The zero-order chi connectivity index (χ0) is 20.6. The van der Waals surface area contributed by atoms with E-state index in [1.165, 1.54) is 13.5 Å². The summed E-state index contributed by atoms with van der Waals surface area (Å²) in [6.45, 7) is 2.17. The number of methoxy groups -OCH3 is 1. The first-order chi connectivity index (χ1) is 13.4. The molecule has 0 heterocycles. The minimum Gasteiger partial charge on any atom is -0.469 e. The van der Waals surface area contributed by atoms with Crippen LogP contribution in [0.2, 0.25) is 0 Å². The molecule has 0 unspecified atom stereocenters. The van der Waals surface area contributed by atoms with Crippen LogP contribution in [-0.2, 0) is 9.53 Å². The zero-order valence-electron chi connectivity index (χ0n) is 17.6. The molecule has 0 radical (unpaired) electrons. The summed E-state index contributed by atoms with van der Waals surface area (Å²) in [5.41, 5.74) is 0.122. The van der Waals surface area contributed by atoms with E-state index in [9.17, 15) is 15.0 Å². The Morgan fingerprint density at radius 2 is 2.00 bits per heavy atom. The molecule has 28 heavy (non-hydrogen) atoms. The molecule has 0 spiro atoms. The summed E-state index contributed by atoms with van der Waals surface area (Å²) in [5.74, 6) is 0.233. The van der Waals surface area contributed by atoms with Crippen LogP contribution in [0.5, 0.6) is 0 Å². The molecule has 4 nitrogen and oxygen atoms in total. The van der Waals surface area contributed by atoms with E-state index >= 15 is 0 Å². The molecule has 2 aliphatic carbocycles. The SMILES string of the molecule is CCC1([C@@H](O)C/C=C/[C@@H]2[C@@H](CCCCCCC(=O)OC)[C@H](Cl)C[C@H]2O)CCC1. The van der Waals surface area contributed by atoms with Gasteiger partial charge in [-0.15, -0.1) is 11.6 Å². The van der Waals surface area contributed by atoms with E-state index in [0.29, 0.717) is 19.3 Å². The lowest BCUT2D eigenvalue weighted by Crippen LogP contribution is -2.40. The Kier molecular flexibility index (Phi) is 9.79. The number of carbonyl (C=O) groups excluding carboxylic acids is 1. The van der Waals surface area contributed by atoms with Gasteiger partial charge >= 0.3 is 5.97 Å². The summed E-state index contributed by atoms with van der Waals surface area (Å²) >= 11 is 6.53. The lowest BCUT2D eigenvalue weighted by atomic mass is 9.63. The molecule has 2 fully saturated rings. The molecular weight excluding hydrogens is 376 g/mol. The van der Waals surface area contributed by atoms with Gasteiger partial charge in [0.1, 0.15) is 0 Å². The summed E-state index contributed by atoms with van der Waals surface area (Å²) in [5, 5.41) is 21.0. The van der Waals surface area contributed by atoms with Crippen molar-refractivity contribution in [1.29, 1.82) is 0 Å². The molecule has 2 aliphatic rings. The monoisotopic (exact) mass is 414 g/mol. The molecule has 0 aromatic rings. The molecule has 0 aromatic heterocycles. The number of carbonyl (C=O) groups is 1. The third-order valence-corrected chi connectivity index (χ3v) is 7.75. The molecule has 2 N–H and O–H groups in total. The van der Waals surface area contributed by atoms with E-state index < -0.39 is 0 Å². The fourth-order valence-corrected chi connectivity index (χ4v) is 5.48. The van der Waals surface area contributed by atoms with E-state index in [1.54, 1.807) is 0 Å². The molecule has 162 valence electrons. The second-order valence-electron chi connectivity index (χ2n) is 8.84. The fraction of sp³-hybridized carbons (Fsp3) is 0.870. The van der Waals surface area contributed by atoms with Crippen molar-refractivity contribution in [1.82, 2.24) is 0 Å². The maximum absolute atomic E-state index is 11.1. The van der Waals surface area contributed by atoms with Crippen molar-refractivity contribution in [2.75, 3.05) is 7.11 Å². The van der Waals surface area contributed by atoms with E-state index in [0.717, 1.165) is 51.4 Å². The zero-order valence-corrected chi connectivity index (χ0v) is 18.4. The third-order valence-electron chi connectivity index (χ3n) is 7.24. The van der Waals surface area contributed by atoms with Gasteiger partial charge in [0.05, 0.1) is 19.3 Å². The molecule has 5 heteroatoms. The van der Waals surface area contributed by atoms with Crippen molar-refractivity contribution < 1.29 is 19.7 Å². The van der Waals surface area contributed by atoms with Gasteiger partial charge in [-0.2, -0.15) is 0 Å². The first-order valence-corrected chi connectivity index (χ1v) is 11.6. The summed E-state index contributed by atoms with van der Waals surface area (Å²) in [6, 6.07) is 0. The van der Waals surface area contributed by atoms with Crippen LogP contribution < -0.4 is 0 Å². The molecule has 5 atom stereocenters. The quantitative estimate of drug-likeness (QED) is 0.204. The Morgan fingerprint density at radius 3 is 2.61 bits per heavy atom. The number of rotatable bonds is 12. The van der Waals surface area contributed by atoms with Crippen molar-refractivity contribution in [2.24, 2.45) is 17.3 Å². The number of aliphatic hydroxyl groups excluding tert-OH is 2. The van der Waals surface area contributed by atoms with Gasteiger partial charge < -0.3 is 14.9 Å². The van der Waals surface area contributed by atoms with Crippen LogP contribution in [0.1, 0.15) is 84.0 Å². The van der Waals surface area contributed by atoms with E-state index in [1.807, 2.05) is 0 Å². The van der Waals surface area contributed by atoms with Crippen LogP contribution >= 0.6 is 11.6 Å². The lowest BCUT2D eigenvalue weighted by Gasteiger charge is -2.45. The maximum Gasteiger partial charge on any atom is 0.305 e. The lowest BCUT2D eigenvalue weighted by molar-refractivity contribution is -0.140. The maximum atomic E-state index is 11.1. The minimum absolute atomic E-state index is 0.0123. The van der Waals surface area contributed by atoms with Gasteiger partial charge in [-0.25, -0.2) is 0 Å². The molecular formula is C23H39ClO4. The third kappa shape index (κ3) is 6.21. The van der Waals surface area contributed by atoms with Crippen LogP contribution in [-0.4, -0.2) is 40.9 Å². The topological polar surface area (TPSA) is 66.8 Å². The number of halogens is 1. The Balaban J connectivity index is 1.75. The fourth-order valence-electron chi connectivity index (χ4n) is 5.01. The van der Waals surface area contributed by atoms with Crippen LogP contribution in [0.3, 0.4) is 0 Å². The highest BCUT2D eigenvalue weighted by Crippen LogP contribution is 2.48. The average molecular weight is 415 g/mol. The van der Waals surface area contributed by atoms with Gasteiger partial charge in [-0.05, 0) is 56.3 Å². The number of hydrogen-bond donors (Lipinski definition) is 2. The number of esters is 1. The summed E-state index contributed by atoms with van der Waals surface area (Å²) in [7, 11) is 1.43. The van der Waals surface area contributed by atoms with Gasteiger partial charge in [-0.3, -0.25) is 4.79 Å². The van der Waals surface area contributed by atoms with E-state index in [2.05, 4.69) is 23.8 Å². The van der Waals surface area contributed by atoms with Gasteiger partial charge in [0.15, 0.2) is 0 Å². The van der Waals surface area contributed by atoms with Crippen LogP contribution in [0.4, 0.5) is 0 Å². The Hall–Kier alpha value is -0.580. The molecule has 0 amide bonds. The number of alkyl halides is 1. The van der Waals surface area contributed by atoms with Gasteiger partial charge in [-0.1, -0.05) is 44.8 Å². The van der Waals surface area contributed by atoms with Crippen molar-refractivity contribution in [3.8, 4) is 0 Å². The number of ether oxygens (including phenoxy) is 1. The first kappa shape index (κ1) is 23.7. The van der Waals surface area contributed by atoms with Gasteiger partial charge in [0, 0.05) is 17.7 Å². The van der Waals surface area contributed by atoms with Crippen LogP contribution in [0.25, 0.3) is 0 Å². The Morgan fingerprint density at radius 1 is 1.29 bits per heavy atom. The molecule has 2 saturated carbocycles. The van der Waals surface area contributed by atoms with Crippen molar-refractivity contribution in [3.05, 3.63) is 12.2 Å². The Labute approximate surface area is 175 Å². The van der Waals surface area contributed by atoms with Crippen LogP contribution in [0.15, 0.2) is 12.2 Å². The van der Waals surface area contributed by atoms with Crippen molar-refractivity contribution in [2.45, 2.75) is 102 Å². The predicted molar refractivity (Wildman–Crippen MR) is 113 cm³/mol. The smallest absolute Gasteiger partial charge is 0.305 e. The number of hydrogen-bond acceptors (Lipinski definition) is 4. The second kappa shape index (κ2) is 11.6. The predicted octanol–water partition coefficient (Wildman–Crippen LogP) is 4.99. The van der Waals surface area contributed by atoms with Gasteiger partial charge in [0.25, 0.3) is 0 Å². The molecule has 0 aliphatic heterocycles. The van der Waals surface area contributed by atoms with Crippen molar-refractivity contribution in [3.63, 3.8) is 0 Å². The van der Waals surface area contributed by atoms with E-state index in [-0.39, 0.29) is 40.8 Å². The highest BCUT2D eigenvalue weighted by Gasteiger charge is 2.42. The normalized spacial score (nSPS) is 30.3.